The van der Waals surface area contributed by atoms with Crippen LogP contribution >= 0.6 is 0 Å². The van der Waals surface area contributed by atoms with Crippen LogP contribution in [0.15, 0.2) is 0 Å². The maximum absolute atomic E-state index is 9.95. The Hall–Kier alpha value is -0.120. The first kappa shape index (κ1) is 12.3. The number of hydrogen-bond donors (Lipinski definition) is 3. The van der Waals surface area contributed by atoms with E-state index < -0.39 is 12.2 Å². The molecule has 16 heavy (non-hydrogen) atoms. The van der Waals surface area contributed by atoms with Gasteiger partial charge in [-0.2, -0.15) is 0 Å². The van der Waals surface area contributed by atoms with Crippen molar-refractivity contribution in [2.45, 2.75) is 69.6 Å². The average molecular weight is 227 g/mol. The van der Waals surface area contributed by atoms with E-state index in [4.69, 9.17) is 5.73 Å². The summed E-state index contributed by atoms with van der Waals surface area (Å²) in [6.07, 6.45) is 8.14. The molecule has 94 valence electrons. The van der Waals surface area contributed by atoms with Crippen molar-refractivity contribution in [3.05, 3.63) is 0 Å². The van der Waals surface area contributed by atoms with Gasteiger partial charge in [-0.1, -0.05) is 32.1 Å². The van der Waals surface area contributed by atoms with Gasteiger partial charge < -0.3 is 15.9 Å². The number of rotatable bonds is 5. The van der Waals surface area contributed by atoms with E-state index in [2.05, 4.69) is 0 Å². The molecule has 0 radical (unpaired) electrons. The van der Waals surface area contributed by atoms with Crippen LogP contribution in [0.3, 0.4) is 0 Å². The highest BCUT2D eigenvalue weighted by Gasteiger charge is 2.37. The Morgan fingerprint density at radius 3 is 2.19 bits per heavy atom. The molecule has 0 heterocycles. The van der Waals surface area contributed by atoms with E-state index in [1.54, 1.807) is 0 Å². The molecule has 0 aromatic rings. The van der Waals surface area contributed by atoms with Crippen molar-refractivity contribution in [3.63, 3.8) is 0 Å². The van der Waals surface area contributed by atoms with E-state index in [9.17, 15) is 10.2 Å². The van der Waals surface area contributed by atoms with Gasteiger partial charge in [0.15, 0.2) is 0 Å². The lowest BCUT2D eigenvalue weighted by Gasteiger charge is -2.29. The minimum atomic E-state index is -0.713. The van der Waals surface area contributed by atoms with Gasteiger partial charge in [-0.3, -0.25) is 0 Å². The summed E-state index contributed by atoms with van der Waals surface area (Å²) in [6, 6.07) is -0.237. The Labute approximate surface area is 98.0 Å². The lowest BCUT2D eigenvalue weighted by atomic mass is 9.83. The Balaban J connectivity index is 1.74. The van der Waals surface area contributed by atoms with Crippen molar-refractivity contribution in [3.8, 4) is 0 Å². The third-order valence-corrected chi connectivity index (χ3v) is 4.22. The summed E-state index contributed by atoms with van der Waals surface area (Å²) in [5, 5.41) is 19.8. The van der Waals surface area contributed by atoms with Gasteiger partial charge >= 0.3 is 0 Å². The predicted octanol–water partition coefficient (Wildman–Crippen LogP) is 1.42. The first-order valence-corrected chi connectivity index (χ1v) is 6.80. The minimum Gasteiger partial charge on any atom is -0.390 e. The van der Waals surface area contributed by atoms with Gasteiger partial charge in [0, 0.05) is 6.04 Å². The van der Waals surface area contributed by atoms with E-state index in [1.165, 1.54) is 32.1 Å². The lowest BCUT2D eigenvalue weighted by Crippen LogP contribution is -2.45. The third-order valence-electron chi connectivity index (χ3n) is 4.22. The molecule has 2 saturated carbocycles. The van der Waals surface area contributed by atoms with Crippen LogP contribution in [-0.4, -0.2) is 28.5 Å². The summed E-state index contributed by atoms with van der Waals surface area (Å²) in [7, 11) is 0. The Morgan fingerprint density at radius 2 is 1.62 bits per heavy atom. The fraction of sp³-hybridized carbons (Fsp3) is 1.00. The van der Waals surface area contributed by atoms with E-state index in [-0.39, 0.29) is 6.04 Å². The first-order chi connectivity index (χ1) is 7.68. The van der Waals surface area contributed by atoms with Gasteiger partial charge in [-0.15, -0.1) is 0 Å². The van der Waals surface area contributed by atoms with Crippen LogP contribution in [0.25, 0.3) is 0 Å². The number of hydrogen-bond acceptors (Lipinski definition) is 3. The summed E-state index contributed by atoms with van der Waals surface area (Å²) in [5.74, 6) is 0.984. The molecular weight excluding hydrogens is 202 g/mol. The normalized spacial score (nSPS) is 28.7. The summed E-state index contributed by atoms with van der Waals surface area (Å²) < 4.78 is 0. The summed E-state index contributed by atoms with van der Waals surface area (Å²) in [4.78, 5) is 0. The van der Waals surface area contributed by atoms with E-state index >= 15 is 0 Å². The zero-order chi connectivity index (χ0) is 11.5. The maximum atomic E-state index is 9.95. The second kappa shape index (κ2) is 5.48. The Bertz CT molecular complexity index is 212. The van der Waals surface area contributed by atoms with Gasteiger partial charge in [0.05, 0.1) is 12.2 Å². The molecule has 2 rings (SSSR count). The summed E-state index contributed by atoms with van der Waals surface area (Å²) in [6.45, 7) is 0. The zero-order valence-electron chi connectivity index (χ0n) is 10.0. The number of aliphatic hydroxyl groups is 2. The van der Waals surface area contributed by atoms with Crippen LogP contribution in [0.1, 0.15) is 51.4 Å². The van der Waals surface area contributed by atoms with E-state index in [0.717, 1.165) is 19.3 Å². The molecule has 0 saturated heterocycles. The van der Waals surface area contributed by atoms with Crippen molar-refractivity contribution >= 4 is 0 Å². The molecule has 3 heteroatoms. The highest BCUT2D eigenvalue weighted by molar-refractivity contribution is 4.90. The Morgan fingerprint density at radius 1 is 1.00 bits per heavy atom. The second-order valence-corrected chi connectivity index (χ2v) is 5.72. The molecule has 0 aromatic carbocycles. The van der Waals surface area contributed by atoms with Crippen LogP contribution < -0.4 is 5.73 Å². The summed E-state index contributed by atoms with van der Waals surface area (Å²) >= 11 is 0. The van der Waals surface area contributed by atoms with E-state index in [0.29, 0.717) is 11.8 Å². The molecule has 3 nitrogen and oxygen atoms in total. The van der Waals surface area contributed by atoms with Crippen molar-refractivity contribution in [1.29, 1.82) is 0 Å². The molecule has 0 amide bonds. The molecular formula is C13H25NO2. The van der Waals surface area contributed by atoms with Crippen LogP contribution in [0.2, 0.25) is 0 Å². The monoisotopic (exact) mass is 227 g/mol. The van der Waals surface area contributed by atoms with Gasteiger partial charge in [-0.05, 0) is 31.1 Å². The quantitative estimate of drug-likeness (QED) is 0.665. The SMILES string of the molecule is N[C@@H](CC1CCCCC1)[C@@H](O)[C@@H](O)C1CC1. The molecule has 0 bridgehead atoms. The fourth-order valence-corrected chi connectivity index (χ4v) is 2.92. The smallest absolute Gasteiger partial charge is 0.0952 e. The topological polar surface area (TPSA) is 66.5 Å². The maximum Gasteiger partial charge on any atom is 0.0952 e. The lowest BCUT2D eigenvalue weighted by molar-refractivity contribution is -0.0133. The van der Waals surface area contributed by atoms with Crippen LogP contribution in [0, 0.1) is 11.8 Å². The molecule has 0 unspecified atom stereocenters. The molecule has 3 atom stereocenters. The first-order valence-electron chi connectivity index (χ1n) is 6.80. The van der Waals surface area contributed by atoms with Gasteiger partial charge in [0.2, 0.25) is 0 Å². The summed E-state index contributed by atoms with van der Waals surface area (Å²) in [5.41, 5.74) is 6.00. The van der Waals surface area contributed by atoms with Crippen molar-refractivity contribution in [2.24, 2.45) is 17.6 Å². The second-order valence-electron chi connectivity index (χ2n) is 5.72. The van der Waals surface area contributed by atoms with Crippen LogP contribution in [0.5, 0.6) is 0 Å². The van der Waals surface area contributed by atoms with E-state index in [1.807, 2.05) is 0 Å². The number of nitrogens with two attached hydrogens (primary N) is 1. The zero-order valence-corrected chi connectivity index (χ0v) is 10.0. The van der Waals surface area contributed by atoms with Crippen molar-refractivity contribution in [1.82, 2.24) is 0 Å². The largest absolute Gasteiger partial charge is 0.390 e. The molecule has 0 spiro atoms. The fourth-order valence-electron chi connectivity index (χ4n) is 2.92. The average Bonchev–Trinajstić information content (AvgIpc) is 3.12. The third kappa shape index (κ3) is 3.19. The minimum absolute atomic E-state index is 0.237. The Kier molecular flexibility index (Phi) is 4.22. The molecule has 2 aliphatic rings. The predicted molar refractivity (Wildman–Crippen MR) is 63.9 cm³/mol. The standard InChI is InChI=1S/C13H25NO2/c14-11(8-9-4-2-1-3-5-9)13(16)12(15)10-6-7-10/h9-13,15-16H,1-8,14H2/t11-,12-,13+/m0/s1. The highest BCUT2D eigenvalue weighted by Crippen LogP contribution is 2.35. The molecule has 0 aliphatic heterocycles. The molecule has 2 fully saturated rings. The number of aliphatic hydroxyl groups excluding tert-OH is 2. The van der Waals surface area contributed by atoms with Gasteiger partial charge in [0.1, 0.15) is 0 Å². The molecule has 0 aromatic heterocycles. The van der Waals surface area contributed by atoms with Gasteiger partial charge in [-0.25, -0.2) is 0 Å². The van der Waals surface area contributed by atoms with Gasteiger partial charge in [0.25, 0.3) is 0 Å². The van der Waals surface area contributed by atoms with Crippen molar-refractivity contribution in [2.75, 3.05) is 0 Å². The van der Waals surface area contributed by atoms with Crippen LogP contribution in [0.4, 0.5) is 0 Å². The molecule has 4 N–H and O–H groups in total. The van der Waals surface area contributed by atoms with Crippen molar-refractivity contribution < 1.29 is 10.2 Å². The van der Waals surface area contributed by atoms with Crippen LogP contribution in [-0.2, 0) is 0 Å². The molecule has 2 aliphatic carbocycles. The highest BCUT2D eigenvalue weighted by atomic mass is 16.3.